The summed E-state index contributed by atoms with van der Waals surface area (Å²) in [5.74, 6) is -0.0534. The van der Waals surface area contributed by atoms with Crippen molar-refractivity contribution in [3.63, 3.8) is 0 Å². The molecular weight excluding hydrogens is 390 g/mol. The first-order valence-electron chi connectivity index (χ1n) is 9.22. The molecule has 0 radical (unpaired) electrons. The molecule has 8 heteroatoms. The van der Waals surface area contributed by atoms with Crippen LogP contribution in [0.15, 0.2) is 53.8 Å². The minimum atomic E-state index is -0.168. The molecule has 148 valence electrons. The summed E-state index contributed by atoms with van der Waals surface area (Å²) in [5, 5.41) is 14.7. The fourth-order valence-corrected chi connectivity index (χ4v) is 3.33. The number of hydrogen-bond donors (Lipinski definition) is 1. The first-order chi connectivity index (χ1) is 14.0. The lowest BCUT2D eigenvalue weighted by molar-refractivity contribution is 0.221. The van der Waals surface area contributed by atoms with Crippen LogP contribution in [0.5, 0.6) is 0 Å². The second-order valence-electron chi connectivity index (χ2n) is 7.15. The van der Waals surface area contributed by atoms with Gasteiger partial charge in [-0.05, 0) is 24.1 Å². The van der Waals surface area contributed by atoms with Crippen molar-refractivity contribution in [2.75, 3.05) is 6.61 Å². The Kier molecular flexibility index (Phi) is 5.17. The number of halogens is 1. The quantitative estimate of drug-likeness (QED) is 0.547. The molecule has 0 bridgehead atoms. The molecule has 3 aromatic heterocycles. The summed E-state index contributed by atoms with van der Waals surface area (Å²) in [6, 6.07) is 9.07. The van der Waals surface area contributed by atoms with Gasteiger partial charge in [-0.15, -0.1) is 0 Å². The molecule has 0 aliphatic rings. The van der Waals surface area contributed by atoms with Crippen LogP contribution in [0.3, 0.4) is 0 Å². The van der Waals surface area contributed by atoms with E-state index in [4.69, 9.17) is 16.6 Å². The predicted octanol–water partition coefficient (Wildman–Crippen LogP) is 3.14. The molecule has 1 aromatic carbocycles. The maximum Gasteiger partial charge on any atom is 0.261 e. The number of fused-ring (bicyclic) bond motifs is 1. The van der Waals surface area contributed by atoms with Gasteiger partial charge in [0.2, 0.25) is 0 Å². The molecule has 0 spiro atoms. The van der Waals surface area contributed by atoms with Gasteiger partial charge >= 0.3 is 0 Å². The van der Waals surface area contributed by atoms with Crippen LogP contribution in [0, 0.1) is 5.92 Å². The SMILES string of the molecule is C[C@@H](CO)Cn1cnc2c(-c3cnn(C)c3)nc(-c3ccc(Cl)cc3)cc2c1=O. The van der Waals surface area contributed by atoms with E-state index in [1.165, 1.54) is 10.9 Å². The topological polar surface area (TPSA) is 85.8 Å². The van der Waals surface area contributed by atoms with E-state index in [-0.39, 0.29) is 18.1 Å². The van der Waals surface area contributed by atoms with Gasteiger partial charge in [-0.1, -0.05) is 30.7 Å². The van der Waals surface area contributed by atoms with E-state index in [1.54, 1.807) is 29.1 Å². The van der Waals surface area contributed by atoms with E-state index in [2.05, 4.69) is 10.1 Å². The largest absolute Gasteiger partial charge is 0.396 e. The highest BCUT2D eigenvalue weighted by Gasteiger charge is 2.16. The first-order valence-corrected chi connectivity index (χ1v) is 9.60. The van der Waals surface area contributed by atoms with Crippen LogP contribution in [0.1, 0.15) is 6.92 Å². The minimum absolute atomic E-state index is 0.00220. The zero-order chi connectivity index (χ0) is 20.5. The number of aliphatic hydroxyl groups is 1. The monoisotopic (exact) mass is 409 g/mol. The number of rotatable bonds is 5. The standard InChI is InChI=1S/C21H20ClN5O2/c1-13(11-28)9-27-12-23-20-17(21(27)29)7-18(14-3-5-16(22)6-4-14)25-19(20)15-8-24-26(2)10-15/h3-8,10,12-13,28H,9,11H2,1-2H3/t13-/m1/s1. The molecule has 0 aliphatic heterocycles. The van der Waals surface area contributed by atoms with Gasteiger partial charge in [-0.3, -0.25) is 14.0 Å². The van der Waals surface area contributed by atoms with Gasteiger partial charge < -0.3 is 5.11 Å². The van der Waals surface area contributed by atoms with E-state index in [0.717, 1.165) is 11.1 Å². The number of nitrogens with zero attached hydrogens (tertiary/aromatic N) is 5. The van der Waals surface area contributed by atoms with Crippen LogP contribution in [-0.2, 0) is 13.6 Å². The highest BCUT2D eigenvalue weighted by Crippen LogP contribution is 2.29. The van der Waals surface area contributed by atoms with E-state index in [1.807, 2.05) is 32.3 Å². The lowest BCUT2D eigenvalue weighted by atomic mass is 10.1. The number of aryl methyl sites for hydroxylation is 1. The van der Waals surface area contributed by atoms with Crippen molar-refractivity contribution in [3.05, 3.63) is 64.4 Å². The third-order valence-electron chi connectivity index (χ3n) is 4.75. The van der Waals surface area contributed by atoms with Crippen molar-refractivity contribution < 1.29 is 5.11 Å². The van der Waals surface area contributed by atoms with Crippen LogP contribution < -0.4 is 5.56 Å². The lowest BCUT2D eigenvalue weighted by Crippen LogP contribution is -2.25. The van der Waals surface area contributed by atoms with Crippen molar-refractivity contribution in [2.45, 2.75) is 13.5 Å². The molecule has 3 heterocycles. The Morgan fingerprint density at radius 3 is 2.62 bits per heavy atom. The van der Waals surface area contributed by atoms with E-state index in [9.17, 15) is 9.90 Å². The van der Waals surface area contributed by atoms with Gasteiger partial charge in [0.15, 0.2) is 0 Å². The molecule has 1 N–H and O–H groups in total. The average Bonchev–Trinajstić information content (AvgIpc) is 3.16. The smallest absolute Gasteiger partial charge is 0.261 e. The summed E-state index contributed by atoms with van der Waals surface area (Å²) in [6.45, 7) is 2.26. The Morgan fingerprint density at radius 2 is 1.97 bits per heavy atom. The van der Waals surface area contributed by atoms with Gasteiger partial charge in [0.1, 0.15) is 11.2 Å². The van der Waals surface area contributed by atoms with Gasteiger partial charge in [0.25, 0.3) is 5.56 Å². The fourth-order valence-electron chi connectivity index (χ4n) is 3.20. The predicted molar refractivity (Wildman–Crippen MR) is 113 cm³/mol. The molecule has 0 saturated carbocycles. The average molecular weight is 410 g/mol. The van der Waals surface area contributed by atoms with Crippen molar-refractivity contribution >= 4 is 22.5 Å². The van der Waals surface area contributed by atoms with Crippen LogP contribution >= 0.6 is 11.6 Å². The van der Waals surface area contributed by atoms with Gasteiger partial charge in [-0.2, -0.15) is 5.10 Å². The number of pyridine rings is 1. The number of aromatic nitrogens is 5. The van der Waals surface area contributed by atoms with Gasteiger partial charge in [-0.25, -0.2) is 9.97 Å². The third kappa shape index (κ3) is 3.79. The second-order valence-corrected chi connectivity index (χ2v) is 7.59. The zero-order valence-corrected chi connectivity index (χ0v) is 16.8. The summed E-state index contributed by atoms with van der Waals surface area (Å²) >= 11 is 6.02. The molecule has 1 atom stereocenters. The first kappa shape index (κ1) is 19.3. The van der Waals surface area contributed by atoms with Crippen LogP contribution in [0.25, 0.3) is 33.4 Å². The van der Waals surface area contributed by atoms with Gasteiger partial charge in [0, 0.05) is 42.5 Å². The van der Waals surface area contributed by atoms with Crippen LogP contribution in [0.2, 0.25) is 5.02 Å². The molecule has 4 aromatic rings. The van der Waals surface area contributed by atoms with Crippen LogP contribution in [0.4, 0.5) is 0 Å². The molecule has 7 nitrogen and oxygen atoms in total. The second kappa shape index (κ2) is 7.77. The Hall–Kier alpha value is -3.03. The molecular formula is C21H20ClN5O2. The summed E-state index contributed by atoms with van der Waals surface area (Å²) in [6.07, 6.45) is 5.06. The molecule has 0 fully saturated rings. The highest BCUT2D eigenvalue weighted by atomic mass is 35.5. The molecule has 0 aliphatic carbocycles. The van der Waals surface area contributed by atoms with E-state index >= 15 is 0 Å². The summed E-state index contributed by atoms with van der Waals surface area (Å²) < 4.78 is 3.21. The van der Waals surface area contributed by atoms with E-state index in [0.29, 0.717) is 33.9 Å². The fraction of sp³-hybridized carbons (Fsp3) is 0.238. The lowest BCUT2D eigenvalue weighted by Gasteiger charge is -2.13. The highest BCUT2D eigenvalue weighted by molar-refractivity contribution is 6.30. The maximum atomic E-state index is 13.2. The van der Waals surface area contributed by atoms with Crippen molar-refractivity contribution in [3.8, 4) is 22.5 Å². The van der Waals surface area contributed by atoms with Crippen LogP contribution in [-0.4, -0.2) is 36.0 Å². The normalized spacial score (nSPS) is 12.4. The minimum Gasteiger partial charge on any atom is -0.396 e. The molecule has 0 saturated heterocycles. The number of benzene rings is 1. The Morgan fingerprint density at radius 1 is 1.21 bits per heavy atom. The molecule has 0 unspecified atom stereocenters. The third-order valence-corrected chi connectivity index (χ3v) is 5.00. The summed E-state index contributed by atoms with van der Waals surface area (Å²) in [4.78, 5) is 22.5. The van der Waals surface area contributed by atoms with Crippen molar-refractivity contribution in [1.82, 2.24) is 24.3 Å². The summed E-state index contributed by atoms with van der Waals surface area (Å²) in [5.41, 5.74) is 3.23. The Labute approximate surface area is 172 Å². The molecule has 0 amide bonds. The van der Waals surface area contributed by atoms with Gasteiger partial charge in [0.05, 0.1) is 23.6 Å². The maximum absolute atomic E-state index is 13.2. The van der Waals surface area contributed by atoms with E-state index < -0.39 is 0 Å². The summed E-state index contributed by atoms with van der Waals surface area (Å²) in [7, 11) is 1.82. The number of hydrogen-bond acceptors (Lipinski definition) is 5. The van der Waals surface area contributed by atoms with Crippen molar-refractivity contribution in [2.24, 2.45) is 13.0 Å². The Balaban J connectivity index is 1.98. The molecule has 4 rings (SSSR count). The Bertz CT molecular complexity index is 1230. The molecule has 29 heavy (non-hydrogen) atoms. The van der Waals surface area contributed by atoms with Crippen molar-refractivity contribution in [1.29, 1.82) is 0 Å². The number of aliphatic hydroxyl groups excluding tert-OH is 1. The zero-order valence-electron chi connectivity index (χ0n) is 16.1.